The summed E-state index contributed by atoms with van der Waals surface area (Å²) in [5, 5.41) is 10.3. The number of aromatic carboxylic acids is 1. The first-order valence-corrected chi connectivity index (χ1v) is 2.31. The Morgan fingerprint density at radius 1 is 1.40 bits per heavy atom. The van der Waals surface area contributed by atoms with Crippen LogP contribution in [0.15, 0.2) is 30.3 Å². The minimum Gasteiger partial charge on any atom is -0.545 e. The monoisotopic (exact) mass is 147 g/mol. The second-order valence-corrected chi connectivity index (χ2v) is 1.45. The first kappa shape index (κ1) is 5.35. The van der Waals surface area contributed by atoms with Crippen molar-refractivity contribution in [3.63, 3.8) is 0 Å². The van der Waals surface area contributed by atoms with E-state index in [-0.39, 0.29) is 53.2 Å². The Kier molecular flexibility index (Phi) is 2.41. The summed E-state index contributed by atoms with van der Waals surface area (Å²) in [7, 11) is 0. The zero-order valence-corrected chi connectivity index (χ0v) is 7.47. The molecule has 0 heterocycles. The molecule has 0 bridgehead atoms. The van der Waals surface area contributed by atoms with Crippen molar-refractivity contribution in [2.24, 2.45) is 0 Å². The predicted molar refractivity (Wildman–Crippen MR) is 30.8 cm³/mol. The smallest absolute Gasteiger partial charge is 0.545 e. The third-order valence-electron chi connectivity index (χ3n) is 0.835. The predicted octanol–water partition coefficient (Wildman–Crippen LogP) is -2.95. The maximum atomic E-state index is 10.3. The van der Waals surface area contributed by atoms with Crippen LogP contribution in [0, 0.1) is 0 Å². The van der Waals surface area contributed by atoms with E-state index in [4.69, 9.17) is 4.11 Å². The molecule has 0 saturated heterocycles. The van der Waals surface area contributed by atoms with Crippen LogP contribution < -0.4 is 34.7 Å². The summed E-state index contributed by atoms with van der Waals surface area (Å²) >= 11 is 0. The normalized spacial score (nSPS) is 12.2. The summed E-state index contributed by atoms with van der Waals surface area (Å²) in [6.07, 6.45) is 0. The molecule has 0 aromatic heterocycles. The second kappa shape index (κ2) is 4.50. The minimum absolute atomic E-state index is 0. The molecule has 1 rings (SSSR count). The van der Waals surface area contributed by atoms with E-state index in [1.54, 1.807) is 0 Å². The van der Waals surface area contributed by atoms with E-state index >= 15 is 0 Å². The molecule has 1 aromatic carbocycles. The standard InChI is InChI=1S/C7H6O2.Na/c8-7(9)6-4-2-1-3-5-6;/h1-5H,(H,8,9);/q;+1/p-1/i1D,2D,3D;. The van der Waals surface area contributed by atoms with Crippen molar-refractivity contribution in [1.29, 1.82) is 0 Å². The number of hydrogen-bond acceptors (Lipinski definition) is 2. The van der Waals surface area contributed by atoms with Gasteiger partial charge in [0.05, 0.1) is 10.1 Å². The third-order valence-corrected chi connectivity index (χ3v) is 0.835. The van der Waals surface area contributed by atoms with Crippen LogP contribution in [0.3, 0.4) is 0 Å². The van der Waals surface area contributed by atoms with Gasteiger partial charge in [-0.1, -0.05) is 30.3 Å². The van der Waals surface area contributed by atoms with Crippen molar-refractivity contribution in [2.75, 3.05) is 0 Å². The first-order chi connectivity index (χ1) is 5.52. The van der Waals surface area contributed by atoms with Crippen LogP contribution >= 0.6 is 0 Å². The van der Waals surface area contributed by atoms with Gasteiger partial charge in [0.25, 0.3) is 0 Å². The quantitative estimate of drug-likeness (QED) is 0.398. The van der Waals surface area contributed by atoms with E-state index in [2.05, 4.69) is 0 Å². The molecule has 0 aliphatic carbocycles. The van der Waals surface area contributed by atoms with Gasteiger partial charge in [0, 0.05) is 0 Å². The largest absolute Gasteiger partial charge is 1.00 e. The minimum atomic E-state index is -1.43. The van der Waals surface area contributed by atoms with Gasteiger partial charge in [-0.15, -0.1) is 0 Å². The molecule has 1 aromatic rings. The average molecular weight is 147 g/mol. The van der Waals surface area contributed by atoms with Gasteiger partial charge >= 0.3 is 29.6 Å². The number of carboxylic acids is 1. The number of benzene rings is 1. The SMILES string of the molecule is [2H]c1cc(C(=O)[O-])cc([2H])c1[2H].[Na+]. The van der Waals surface area contributed by atoms with Crippen LogP contribution in [-0.2, 0) is 0 Å². The number of rotatable bonds is 1. The third kappa shape index (κ3) is 2.52. The summed E-state index contributed by atoms with van der Waals surface area (Å²) in [6.45, 7) is 0. The molecule has 0 amide bonds. The van der Waals surface area contributed by atoms with Gasteiger partial charge in [-0.2, -0.15) is 0 Å². The Balaban J connectivity index is 0.00000144. The van der Waals surface area contributed by atoms with Crippen molar-refractivity contribution in [2.45, 2.75) is 0 Å². The van der Waals surface area contributed by atoms with Gasteiger partial charge < -0.3 is 9.90 Å². The molecule has 46 valence electrons. The Morgan fingerprint density at radius 3 is 2.30 bits per heavy atom. The zero-order chi connectivity index (χ0) is 9.30. The number of carbonyl (C=O) groups is 1. The molecule has 0 fully saturated rings. The average Bonchev–Trinajstić information content (AvgIpc) is 1.99. The van der Waals surface area contributed by atoms with Crippen molar-refractivity contribution in [3.8, 4) is 0 Å². The van der Waals surface area contributed by atoms with Crippen molar-refractivity contribution < 1.29 is 43.6 Å². The van der Waals surface area contributed by atoms with E-state index in [0.29, 0.717) is 0 Å². The van der Waals surface area contributed by atoms with Crippen molar-refractivity contribution in [1.82, 2.24) is 0 Å². The topological polar surface area (TPSA) is 40.1 Å². The molecule has 0 saturated carbocycles. The summed E-state index contributed by atoms with van der Waals surface area (Å²) in [6, 6.07) is 1.16. The van der Waals surface area contributed by atoms with Crippen molar-refractivity contribution in [3.05, 3.63) is 35.8 Å². The van der Waals surface area contributed by atoms with Crippen LogP contribution in [0.2, 0.25) is 0 Å². The molecular weight excluding hydrogens is 139 g/mol. The molecule has 0 aliphatic heterocycles. The maximum Gasteiger partial charge on any atom is 1.00 e. The molecule has 0 aliphatic rings. The summed E-state index contributed by atoms with van der Waals surface area (Å²) in [5.41, 5.74) is -0.235. The van der Waals surface area contributed by atoms with E-state index < -0.39 is 5.97 Å². The van der Waals surface area contributed by atoms with Gasteiger partial charge in [0.2, 0.25) is 0 Å². The fourth-order valence-corrected chi connectivity index (χ4v) is 0.429. The number of carboxylic acid groups (broad SMARTS) is 1. The summed E-state index contributed by atoms with van der Waals surface area (Å²) < 4.78 is 21.3. The molecule has 10 heavy (non-hydrogen) atoms. The van der Waals surface area contributed by atoms with E-state index in [1.807, 2.05) is 0 Å². The molecule has 0 N–H and O–H groups in total. The van der Waals surface area contributed by atoms with Crippen molar-refractivity contribution >= 4 is 5.97 Å². The number of hydrogen-bond donors (Lipinski definition) is 0. The Bertz CT molecular complexity index is 318. The van der Waals surface area contributed by atoms with Gasteiger partial charge in [-0.05, 0) is 5.56 Å². The molecule has 0 atom stereocenters. The maximum absolute atomic E-state index is 10.3. The van der Waals surface area contributed by atoms with E-state index in [0.717, 1.165) is 12.1 Å². The van der Waals surface area contributed by atoms with Gasteiger partial charge in [-0.3, -0.25) is 0 Å². The summed E-state index contributed by atoms with van der Waals surface area (Å²) in [5.74, 6) is -1.43. The van der Waals surface area contributed by atoms with Crippen LogP contribution in [0.25, 0.3) is 0 Å². The zero-order valence-electron chi connectivity index (χ0n) is 8.47. The van der Waals surface area contributed by atoms with E-state index in [9.17, 15) is 9.90 Å². The second-order valence-electron chi connectivity index (χ2n) is 1.45. The van der Waals surface area contributed by atoms with E-state index in [1.165, 1.54) is 0 Å². The fourth-order valence-electron chi connectivity index (χ4n) is 0.429. The van der Waals surface area contributed by atoms with Crippen LogP contribution in [-0.4, -0.2) is 5.97 Å². The fraction of sp³-hybridized carbons (Fsp3) is 0. The van der Waals surface area contributed by atoms with Crippen LogP contribution in [0.1, 0.15) is 14.5 Å². The van der Waals surface area contributed by atoms with Crippen LogP contribution in [0.5, 0.6) is 0 Å². The Hall–Kier alpha value is -0.310. The molecule has 0 spiro atoms. The van der Waals surface area contributed by atoms with Gasteiger partial charge in [0.15, 0.2) is 0 Å². The molecular formula is C7H5NaO2. The summed E-state index contributed by atoms with van der Waals surface area (Å²) in [4.78, 5) is 10.3. The molecule has 0 unspecified atom stereocenters. The molecule has 0 radical (unpaired) electrons. The number of carbonyl (C=O) groups excluding carboxylic acids is 1. The molecule has 3 heteroatoms. The molecule has 2 nitrogen and oxygen atoms in total. The first-order valence-electron chi connectivity index (χ1n) is 3.81. The van der Waals surface area contributed by atoms with Crippen LogP contribution in [0.4, 0.5) is 0 Å². The Morgan fingerprint density at radius 2 is 1.90 bits per heavy atom. The van der Waals surface area contributed by atoms with Gasteiger partial charge in [0.1, 0.15) is 0 Å². The Labute approximate surface area is 85.4 Å². The van der Waals surface area contributed by atoms with Gasteiger partial charge in [-0.25, -0.2) is 0 Å².